The van der Waals surface area contributed by atoms with E-state index in [2.05, 4.69) is 26.1 Å². The standard InChI is InChI=1S/C29H31N3O2S2/c1-29(2,3)20-14-15-22-23(16-20)36-26-25(22)27(34)32(21-12-8-5-9-13-21)28(31-26)35-18-24(33)30-17-19-10-6-4-7-11-19/h4-13,20H,14-18H2,1-3H3,(H,30,33)/t20-/m1/s1. The minimum atomic E-state index is -0.0868. The molecule has 2 aromatic heterocycles. The van der Waals surface area contributed by atoms with E-state index in [-0.39, 0.29) is 22.6 Å². The van der Waals surface area contributed by atoms with Crippen molar-refractivity contribution in [1.29, 1.82) is 0 Å². The fourth-order valence-corrected chi connectivity index (χ4v) is 7.01. The van der Waals surface area contributed by atoms with Crippen LogP contribution in [0.5, 0.6) is 0 Å². The first kappa shape index (κ1) is 24.8. The number of nitrogens with zero attached hydrogens (tertiary/aromatic N) is 2. The lowest BCUT2D eigenvalue weighted by Crippen LogP contribution is -2.27. The lowest BCUT2D eigenvalue weighted by molar-refractivity contribution is -0.118. The number of aromatic nitrogens is 2. The van der Waals surface area contributed by atoms with Crippen molar-refractivity contribution in [3.05, 3.63) is 87.0 Å². The molecule has 0 unspecified atom stereocenters. The number of fused-ring (bicyclic) bond motifs is 3. The lowest BCUT2D eigenvalue weighted by atomic mass is 9.72. The Labute approximate surface area is 220 Å². The molecule has 0 saturated heterocycles. The fourth-order valence-electron chi connectivity index (χ4n) is 4.82. The van der Waals surface area contributed by atoms with E-state index in [1.807, 2.05) is 60.7 Å². The Morgan fingerprint density at radius 1 is 1.11 bits per heavy atom. The summed E-state index contributed by atoms with van der Waals surface area (Å²) in [6.45, 7) is 7.38. The Hall–Kier alpha value is -2.90. The molecule has 0 radical (unpaired) electrons. The number of thioether (sulfide) groups is 1. The molecule has 1 aliphatic rings. The molecule has 0 saturated carbocycles. The highest BCUT2D eigenvalue weighted by Gasteiger charge is 2.32. The fraction of sp³-hybridized carbons (Fsp3) is 0.345. The maximum absolute atomic E-state index is 13.9. The molecule has 0 spiro atoms. The first-order valence-electron chi connectivity index (χ1n) is 12.4. The van der Waals surface area contributed by atoms with E-state index >= 15 is 0 Å². The third kappa shape index (κ3) is 5.13. The maximum atomic E-state index is 13.9. The van der Waals surface area contributed by atoms with Crippen molar-refractivity contribution in [3.8, 4) is 5.69 Å². The van der Waals surface area contributed by atoms with E-state index in [9.17, 15) is 9.59 Å². The lowest BCUT2D eigenvalue weighted by Gasteiger charge is -2.33. The number of rotatable bonds is 6. The summed E-state index contributed by atoms with van der Waals surface area (Å²) in [4.78, 5) is 33.6. The number of benzene rings is 2. The van der Waals surface area contributed by atoms with E-state index in [1.165, 1.54) is 22.2 Å². The number of carbonyl (C=O) groups excluding carboxylic acids is 1. The largest absolute Gasteiger partial charge is 0.351 e. The summed E-state index contributed by atoms with van der Waals surface area (Å²) in [5.41, 5.74) is 3.20. The predicted molar refractivity (Wildman–Crippen MR) is 149 cm³/mol. The van der Waals surface area contributed by atoms with Gasteiger partial charge in [-0.2, -0.15) is 0 Å². The summed E-state index contributed by atoms with van der Waals surface area (Å²) < 4.78 is 1.68. The zero-order valence-corrected chi connectivity index (χ0v) is 22.5. The van der Waals surface area contributed by atoms with Gasteiger partial charge in [0.25, 0.3) is 5.56 Å². The average molecular weight is 518 g/mol. The average Bonchev–Trinajstić information content (AvgIpc) is 3.25. The van der Waals surface area contributed by atoms with Crippen molar-refractivity contribution in [1.82, 2.24) is 14.9 Å². The van der Waals surface area contributed by atoms with Crippen molar-refractivity contribution in [2.45, 2.75) is 51.7 Å². The molecule has 2 heterocycles. The molecule has 1 amide bonds. The first-order valence-corrected chi connectivity index (χ1v) is 14.2. The van der Waals surface area contributed by atoms with Gasteiger partial charge in [0.05, 0.1) is 16.8 Å². The Kier molecular flexibility index (Phi) is 7.04. The second-order valence-electron chi connectivity index (χ2n) is 10.4. The van der Waals surface area contributed by atoms with Gasteiger partial charge in [0.15, 0.2) is 5.16 Å². The Bertz CT molecular complexity index is 1440. The third-order valence-corrected chi connectivity index (χ3v) is 9.04. The number of amides is 1. The molecule has 1 atom stereocenters. The van der Waals surface area contributed by atoms with Crippen LogP contribution in [0.25, 0.3) is 15.9 Å². The summed E-state index contributed by atoms with van der Waals surface area (Å²) in [5, 5.41) is 4.28. The third-order valence-electron chi connectivity index (χ3n) is 6.96. The van der Waals surface area contributed by atoms with Crippen molar-refractivity contribution in [3.63, 3.8) is 0 Å². The molecule has 2 aromatic carbocycles. The van der Waals surface area contributed by atoms with Gasteiger partial charge in [0, 0.05) is 11.4 Å². The number of aryl methyl sites for hydroxylation is 1. The summed E-state index contributed by atoms with van der Waals surface area (Å²) in [7, 11) is 0. The molecule has 4 aromatic rings. The minimum absolute atomic E-state index is 0.0369. The van der Waals surface area contributed by atoms with Crippen LogP contribution < -0.4 is 10.9 Å². The van der Waals surface area contributed by atoms with E-state index in [4.69, 9.17) is 4.98 Å². The van der Waals surface area contributed by atoms with Gasteiger partial charge in [-0.15, -0.1) is 11.3 Å². The van der Waals surface area contributed by atoms with Gasteiger partial charge in [-0.3, -0.25) is 14.2 Å². The van der Waals surface area contributed by atoms with Crippen LogP contribution >= 0.6 is 23.1 Å². The van der Waals surface area contributed by atoms with Gasteiger partial charge in [-0.1, -0.05) is 81.1 Å². The second kappa shape index (κ2) is 10.2. The highest BCUT2D eigenvalue weighted by molar-refractivity contribution is 7.99. The van der Waals surface area contributed by atoms with Gasteiger partial charge < -0.3 is 5.32 Å². The SMILES string of the molecule is CC(C)(C)[C@@H]1CCc2c(sc3nc(SCC(=O)NCc4ccccc4)n(-c4ccccc4)c(=O)c23)C1. The molecule has 0 fully saturated rings. The van der Waals surface area contributed by atoms with Crippen molar-refractivity contribution in [2.24, 2.45) is 11.3 Å². The molecule has 186 valence electrons. The smallest absolute Gasteiger partial charge is 0.267 e. The van der Waals surface area contributed by atoms with Crippen LogP contribution in [0.2, 0.25) is 0 Å². The molecular weight excluding hydrogens is 486 g/mol. The van der Waals surface area contributed by atoms with Gasteiger partial charge >= 0.3 is 0 Å². The molecule has 1 aliphatic carbocycles. The normalized spacial score (nSPS) is 15.6. The van der Waals surface area contributed by atoms with E-state index < -0.39 is 0 Å². The van der Waals surface area contributed by atoms with Gasteiger partial charge in [0.2, 0.25) is 5.91 Å². The highest BCUT2D eigenvalue weighted by Crippen LogP contribution is 2.42. The van der Waals surface area contributed by atoms with Gasteiger partial charge in [0.1, 0.15) is 4.83 Å². The van der Waals surface area contributed by atoms with Crippen LogP contribution in [0.1, 0.15) is 43.2 Å². The van der Waals surface area contributed by atoms with Crippen molar-refractivity contribution in [2.75, 3.05) is 5.75 Å². The second-order valence-corrected chi connectivity index (χ2v) is 12.4. The topological polar surface area (TPSA) is 64.0 Å². The summed E-state index contributed by atoms with van der Waals surface area (Å²) in [5.74, 6) is 0.697. The van der Waals surface area contributed by atoms with E-state index in [0.29, 0.717) is 17.6 Å². The van der Waals surface area contributed by atoms with Crippen LogP contribution in [0.15, 0.2) is 70.6 Å². The van der Waals surface area contributed by atoms with Crippen LogP contribution in [0.3, 0.4) is 0 Å². The minimum Gasteiger partial charge on any atom is -0.351 e. The highest BCUT2D eigenvalue weighted by atomic mass is 32.2. The molecule has 5 nitrogen and oxygen atoms in total. The molecule has 7 heteroatoms. The van der Waals surface area contributed by atoms with Crippen molar-refractivity contribution >= 4 is 39.2 Å². The number of hydrogen-bond acceptors (Lipinski definition) is 5. The van der Waals surface area contributed by atoms with Crippen LogP contribution in [0.4, 0.5) is 0 Å². The summed E-state index contributed by atoms with van der Waals surface area (Å²) >= 11 is 2.97. The van der Waals surface area contributed by atoms with Crippen LogP contribution in [-0.2, 0) is 24.2 Å². The maximum Gasteiger partial charge on any atom is 0.267 e. The zero-order chi connectivity index (χ0) is 25.3. The quantitative estimate of drug-likeness (QED) is 0.251. The number of thiophene rings is 1. The Morgan fingerprint density at radius 3 is 2.50 bits per heavy atom. The molecule has 0 bridgehead atoms. The van der Waals surface area contributed by atoms with Crippen LogP contribution in [0, 0.1) is 11.3 Å². The number of carbonyl (C=O) groups is 1. The van der Waals surface area contributed by atoms with Gasteiger partial charge in [-0.25, -0.2) is 4.98 Å². The summed E-state index contributed by atoms with van der Waals surface area (Å²) in [6.07, 6.45) is 3.00. The molecular formula is C29H31N3O2S2. The predicted octanol–water partition coefficient (Wildman–Crippen LogP) is 6.01. The molecule has 36 heavy (non-hydrogen) atoms. The van der Waals surface area contributed by atoms with Gasteiger partial charge in [-0.05, 0) is 53.9 Å². The van der Waals surface area contributed by atoms with E-state index in [0.717, 1.165) is 40.7 Å². The first-order chi connectivity index (χ1) is 17.3. The molecule has 0 aliphatic heterocycles. The Morgan fingerprint density at radius 2 is 1.81 bits per heavy atom. The number of para-hydroxylation sites is 1. The van der Waals surface area contributed by atoms with Crippen molar-refractivity contribution < 1.29 is 4.79 Å². The summed E-state index contributed by atoms with van der Waals surface area (Å²) in [6, 6.07) is 19.5. The van der Waals surface area contributed by atoms with Crippen LogP contribution in [-0.4, -0.2) is 21.2 Å². The number of nitrogens with one attached hydrogen (secondary N) is 1. The van der Waals surface area contributed by atoms with E-state index in [1.54, 1.807) is 15.9 Å². The molecule has 5 rings (SSSR count). The molecule has 1 N–H and O–H groups in total. The monoisotopic (exact) mass is 517 g/mol. The zero-order valence-electron chi connectivity index (χ0n) is 20.9. The Balaban J connectivity index is 1.47. The number of hydrogen-bond donors (Lipinski definition) is 1.